The summed E-state index contributed by atoms with van der Waals surface area (Å²) in [7, 11) is 0. The monoisotopic (exact) mass is 310 g/mol. The molecule has 0 aliphatic carbocycles. The van der Waals surface area contributed by atoms with Crippen molar-refractivity contribution in [1.82, 2.24) is 0 Å². The third kappa shape index (κ3) is 4.11. The van der Waals surface area contributed by atoms with Crippen molar-refractivity contribution < 1.29 is 18.0 Å². The Balaban J connectivity index is 2.09. The maximum absolute atomic E-state index is 12.6. The number of alkyl halides is 3. The van der Waals surface area contributed by atoms with Crippen LogP contribution < -0.4 is 0 Å². The van der Waals surface area contributed by atoms with E-state index in [0.717, 1.165) is 22.6 Å². The van der Waals surface area contributed by atoms with Gasteiger partial charge in [-0.15, -0.1) is 11.8 Å². The SMILES string of the molecule is Cc1ccccc1SCC(=O)c1cccc(C(F)(F)F)c1. The quantitative estimate of drug-likeness (QED) is 0.584. The van der Waals surface area contributed by atoms with Crippen LogP contribution in [0.3, 0.4) is 0 Å². The van der Waals surface area contributed by atoms with E-state index in [9.17, 15) is 18.0 Å². The molecule has 2 rings (SSSR count). The lowest BCUT2D eigenvalue weighted by Gasteiger charge is -2.08. The van der Waals surface area contributed by atoms with Gasteiger partial charge in [0, 0.05) is 10.5 Å². The van der Waals surface area contributed by atoms with Gasteiger partial charge >= 0.3 is 6.18 Å². The van der Waals surface area contributed by atoms with Gasteiger partial charge < -0.3 is 0 Å². The molecule has 0 aliphatic heterocycles. The van der Waals surface area contributed by atoms with Crippen LogP contribution in [-0.4, -0.2) is 11.5 Å². The van der Waals surface area contributed by atoms with E-state index in [1.807, 2.05) is 31.2 Å². The van der Waals surface area contributed by atoms with Crippen molar-refractivity contribution in [3.8, 4) is 0 Å². The predicted molar refractivity (Wildman–Crippen MR) is 77.7 cm³/mol. The molecule has 2 aromatic carbocycles. The number of hydrogen-bond acceptors (Lipinski definition) is 2. The molecule has 0 aromatic heterocycles. The van der Waals surface area contributed by atoms with E-state index in [4.69, 9.17) is 0 Å². The average molecular weight is 310 g/mol. The van der Waals surface area contributed by atoms with Gasteiger partial charge in [0.1, 0.15) is 0 Å². The number of Topliss-reactive ketones (excluding diaryl/α,β-unsaturated/α-hetero) is 1. The second-order valence-corrected chi connectivity index (χ2v) is 5.57. The second-order valence-electron chi connectivity index (χ2n) is 4.56. The number of rotatable bonds is 4. The Hall–Kier alpha value is -1.75. The molecule has 0 radical (unpaired) electrons. The lowest BCUT2D eigenvalue weighted by atomic mass is 10.1. The largest absolute Gasteiger partial charge is 0.416 e. The Morgan fingerprint density at radius 1 is 1.10 bits per heavy atom. The fourth-order valence-corrected chi connectivity index (χ4v) is 2.74. The Morgan fingerprint density at radius 2 is 1.81 bits per heavy atom. The summed E-state index contributed by atoms with van der Waals surface area (Å²) in [6.45, 7) is 1.93. The lowest BCUT2D eigenvalue weighted by Crippen LogP contribution is -2.08. The topological polar surface area (TPSA) is 17.1 Å². The molecule has 2 aromatic rings. The van der Waals surface area contributed by atoms with Crippen molar-refractivity contribution in [2.24, 2.45) is 0 Å². The van der Waals surface area contributed by atoms with Gasteiger partial charge in [0.2, 0.25) is 0 Å². The highest BCUT2D eigenvalue weighted by atomic mass is 32.2. The highest BCUT2D eigenvalue weighted by Gasteiger charge is 2.30. The van der Waals surface area contributed by atoms with E-state index in [1.165, 1.54) is 23.9 Å². The van der Waals surface area contributed by atoms with E-state index in [-0.39, 0.29) is 17.1 Å². The second kappa shape index (κ2) is 6.35. The summed E-state index contributed by atoms with van der Waals surface area (Å²) in [5.41, 5.74) is 0.333. The predicted octanol–water partition coefficient (Wildman–Crippen LogP) is 4.99. The van der Waals surface area contributed by atoms with Crippen LogP contribution in [-0.2, 0) is 6.18 Å². The fourth-order valence-electron chi connectivity index (χ4n) is 1.81. The standard InChI is InChI=1S/C16H13F3OS/c1-11-5-2-3-8-15(11)21-10-14(20)12-6-4-7-13(9-12)16(17,18)19/h2-9H,10H2,1H3. The minimum Gasteiger partial charge on any atom is -0.293 e. The molecule has 0 N–H and O–H groups in total. The molecule has 0 bridgehead atoms. The van der Waals surface area contributed by atoms with Crippen molar-refractivity contribution in [3.63, 3.8) is 0 Å². The van der Waals surface area contributed by atoms with Crippen molar-refractivity contribution >= 4 is 17.5 Å². The molecule has 0 saturated heterocycles. The minimum atomic E-state index is -4.43. The lowest BCUT2D eigenvalue weighted by molar-refractivity contribution is -0.137. The first kappa shape index (κ1) is 15.6. The van der Waals surface area contributed by atoms with Crippen LogP contribution in [0.25, 0.3) is 0 Å². The average Bonchev–Trinajstić information content (AvgIpc) is 2.45. The summed E-state index contributed by atoms with van der Waals surface area (Å²) >= 11 is 1.33. The molecule has 0 amide bonds. The van der Waals surface area contributed by atoms with E-state index in [0.29, 0.717) is 0 Å². The smallest absolute Gasteiger partial charge is 0.293 e. The summed E-state index contributed by atoms with van der Waals surface area (Å²) in [5.74, 6) is -0.194. The van der Waals surface area contributed by atoms with Crippen LogP contribution in [0.5, 0.6) is 0 Å². The molecule has 5 heteroatoms. The molecule has 0 unspecified atom stereocenters. The maximum Gasteiger partial charge on any atom is 0.416 e. The van der Waals surface area contributed by atoms with Crippen molar-refractivity contribution in [3.05, 3.63) is 65.2 Å². The third-order valence-electron chi connectivity index (χ3n) is 2.96. The van der Waals surface area contributed by atoms with Crippen LogP contribution in [0, 0.1) is 6.92 Å². The van der Waals surface area contributed by atoms with E-state index < -0.39 is 11.7 Å². The first-order valence-electron chi connectivity index (χ1n) is 6.27. The number of carbonyl (C=O) groups is 1. The number of ketones is 1. The Labute approximate surface area is 125 Å². The van der Waals surface area contributed by atoms with Gasteiger partial charge in [-0.3, -0.25) is 4.79 Å². The van der Waals surface area contributed by atoms with Crippen LogP contribution in [0.15, 0.2) is 53.4 Å². The van der Waals surface area contributed by atoms with E-state index >= 15 is 0 Å². The summed E-state index contributed by atoms with van der Waals surface area (Å²) < 4.78 is 37.9. The van der Waals surface area contributed by atoms with Crippen molar-refractivity contribution in [2.45, 2.75) is 18.0 Å². The molecular formula is C16H13F3OS. The first-order chi connectivity index (χ1) is 9.88. The van der Waals surface area contributed by atoms with Crippen LogP contribution >= 0.6 is 11.8 Å². The number of benzene rings is 2. The molecule has 0 spiro atoms. The maximum atomic E-state index is 12.6. The first-order valence-corrected chi connectivity index (χ1v) is 7.25. The van der Waals surface area contributed by atoms with Gasteiger partial charge in [-0.25, -0.2) is 0 Å². The van der Waals surface area contributed by atoms with Crippen LogP contribution in [0.2, 0.25) is 0 Å². The molecule has 0 heterocycles. The Morgan fingerprint density at radius 3 is 2.48 bits per heavy atom. The number of carbonyl (C=O) groups excluding carboxylic acids is 1. The molecule has 1 nitrogen and oxygen atoms in total. The van der Waals surface area contributed by atoms with Gasteiger partial charge in [0.15, 0.2) is 5.78 Å². The summed E-state index contributed by atoms with van der Waals surface area (Å²) in [6.07, 6.45) is -4.43. The van der Waals surface area contributed by atoms with Crippen LogP contribution in [0.4, 0.5) is 13.2 Å². The number of hydrogen-bond donors (Lipinski definition) is 0. The molecule has 110 valence electrons. The van der Waals surface area contributed by atoms with Crippen molar-refractivity contribution in [1.29, 1.82) is 0 Å². The molecule has 0 atom stereocenters. The van der Waals surface area contributed by atoms with Gasteiger partial charge in [-0.1, -0.05) is 30.3 Å². The summed E-state index contributed by atoms with van der Waals surface area (Å²) in [5, 5.41) is 0. The Kier molecular flexibility index (Phi) is 4.73. The van der Waals surface area contributed by atoms with E-state index in [2.05, 4.69) is 0 Å². The molecule has 0 saturated carbocycles. The zero-order valence-corrected chi connectivity index (χ0v) is 12.1. The zero-order valence-electron chi connectivity index (χ0n) is 11.3. The highest BCUT2D eigenvalue weighted by Crippen LogP contribution is 2.30. The zero-order chi connectivity index (χ0) is 15.5. The fraction of sp³-hybridized carbons (Fsp3) is 0.188. The van der Waals surface area contributed by atoms with Crippen LogP contribution in [0.1, 0.15) is 21.5 Å². The number of aryl methyl sites for hydroxylation is 1. The number of thioether (sulfide) groups is 1. The van der Waals surface area contributed by atoms with Gasteiger partial charge in [0.25, 0.3) is 0 Å². The highest BCUT2D eigenvalue weighted by molar-refractivity contribution is 8.00. The third-order valence-corrected chi connectivity index (χ3v) is 4.14. The summed E-state index contributed by atoms with van der Waals surface area (Å²) in [4.78, 5) is 13.0. The minimum absolute atomic E-state index is 0.0888. The summed E-state index contributed by atoms with van der Waals surface area (Å²) in [6, 6.07) is 12.1. The normalized spacial score (nSPS) is 11.4. The van der Waals surface area contributed by atoms with Gasteiger partial charge in [-0.2, -0.15) is 13.2 Å². The van der Waals surface area contributed by atoms with Gasteiger partial charge in [-0.05, 0) is 30.7 Å². The number of halogens is 3. The Bertz CT molecular complexity index is 650. The molecule has 21 heavy (non-hydrogen) atoms. The molecule has 0 fully saturated rings. The van der Waals surface area contributed by atoms with Gasteiger partial charge in [0.05, 0.1) is 11.3 Å². The van der Waals surface area contributed by atoms with E-state index in [1.54, 1.807) is 0 Å². The molecular weight excluding hydrogens is 297 g/mol. The molecule has 0 aliphatic rings. The van der Waals surface area contributed by atoms with Crippen molar-refractivity contribution in [2.75, 3.05) is 5.75 Å².